The molecule has 0 radical (unpaired) electrons. The number of hydrogen-bond donors (Lipinski definition) is 1. The lowest BCUT2D eigenvalue weighted by atomic mass is 9.92. The Morgan fingerprint density at radius 2 is 2.25 bits per heavy atom. The molecule has 4 heteroatoms. The van der Waals surface area contributed by atoms with Gasteiger partial charge < -0.3 is 10.5 Å². The average molecular weight is 273 g/mol. The van der Waals surface area contributed by atoms with Crippen LogP contribution in [0.3, 0.4) is 0 Å². The molecule has 1 aliphatic heterocycles. The molecule has 20 heavy (non-hydrogen) atoms. The standard InChI is InChI=1S/C16H23N3O/c1-3-15(18)16(14-7-5-4-6-12(14)2)19-8-9-20-13(10-17)11-19/h4-7,13,15-16H,3,8-9,11,18H2,1-2H3. The SMILES string of the molecule is CCC(N)C(c1ccccc1C)N1CCOC(C#N)C1. The van der Waals surface area contributed by atoms with Gasteiger partial charge in [0, 0.05) is 19.1 Å². The van der Waals surface area contributed by atoms with Gasteiger partial charge in [-0.15, -0.1) is 0 Å². The van der Waals surface area contributed by atoms with Crippen LogP contribution in [0.25, 0.3) is 0 Å². The zero-order valence-corrected chi connectivity index (χ0v) is 12.2. The Balaban J connectivity index is 2.29. The summed E-state index contributed by atoms with van der Waals surface area (Å²) in [5, 5.41) is 9.08. The molecule has 2 rings (SSSR count). The molecule has 1 aromatic rings. The second-order valence-electron chi connectivity index (χ2n) is 5.36. The monoisotopic (exact) mass is 273 g/mol. The second-order valence-corrected chi connectivity index (χ2v) is 5.36. The minimum absolute atomic E-state index is 0.0635. The van der Waals surface area contributed by atoms with Crippen LogP contribution >= 0.6 is 0 Å². The molecule has 1 saturated heterocycles. The predicted molar refractivity (Wildman–Crippen MR) is 79.1 cm³/mol. The molecular weight excluding hydrogens is 250 g/mol. The van der Waals surface area contributed by atoms with E-state index in [-0.39, 0.29) is 18.2 Å². The minimum Gasteiger partial charge on any atom is -0.361 e. The third-order valence-corrected chi connectivity index (χ3v) is 4.02. The first kappa shape index (κ1) is 15.0. The summed E-state index contributed by atoms with van der Waals surface area (Å²) in [6.07, 6.45) is 0.562. The number of benzene rings is 1. The van der Waals surface area contributed by atoms with Gasteiger partial charge in [0.05, 0.1) is 18.7 Å². The van der Waals surface area contributed by atoms with Crippen molar-refractivity contribution in [2.75, 3.05) is 19.7 Å². The van der Waals surface area contributed by atoms with Gasteiger partial charge in [0.2, 0.25) is 0 Å². The van der Waals surface area contributed by atoms with E-state index in [2.05, 4.69) is 43.0 Å². The molecule has 1 fully saturated rings. The number of nitrogens with two attached hydrogens (primary N) is 1. The first-order chi connectivity index (χ1) is 9.67. The summed E-state index contributed by atoms with van der Waals surface area (Å²) in [5.74, 6) is 0. The summed E-state index contributed by atoms with van der Waals surface area (Å²) in [7, 11) is 0. The van der Waals surface area contributed by atoms with Crippen molar-refractivity contribution >= 4 is 0 Å². The van der Waals surface area contributed by atoms with Gasteiger partial charge in [-0.1, -0.05) is 31.2 Å². The zero-order valence-electron chi connectivity index (χ0n) is 12.2. The molecule has 3 atom stereocenters. The lowest BCUT2D eigenvalue weighted by molar-refractivity contribution is -0.0223. The highest BCUT2D eigenvalue weighted by atomic mass is 16.5. The molecule has 4 nitrogen and oxygen atoms in total. The van der Waals surface area contributed by atoms with Crippen molar-refractivity contribution in [2.45, 2.75) is 38.5 Å². The van der Waals surface area contributed by atoms with Crippen LogP contribution in [0, 0.1) is 18.3 Å². The highest BCUT2D eigenvalue weighted by molar-refractivity contribution is 5.30. The van der Waals surface area contributed by atoms with Gasteiger partial charge in [-0.05, 0) is 24.5 Å². The van der Waals surface area contributed by atoms with E-state index in [1.807, 2.05) is 6.07 Å². The third-order valence-electron chi connectivity index (χ3n) is 4.02. The van der Waals surface area contributed by atoms with E-state index in [0.717, 1.165) is 13.0 Å². The number of nitrogens with zero attached hydrogens (tertiary/aromatic N) is 2. The molecule has 0 spiro atoms. The molecule has 1 heterocycles. The second kappa shape index (κ2) is 6.85. The lowest BCUT2D eigenvalue weighted by Gasteiger charge is -2.39. The van der Waals surface area contributed by atoms with Crippen molar-refractivity contribution in [3.63, 3.8) is 0 Å². The zero-order chi connectivity index (χ0) is 14.5. The highest BCUT2D eigenvalue weighted by Crippen LogP contribution is 2.29. The van der Waals surface area contributed by atoms with Gasteiger partial charge in [-0.3, -0.25) is 4.90 Å². The molecule has 0 saturated carbocycles. The number of nitriles is 1. The number of ether oxygens (including phenoxy) is 1. The number of rotatable bonds is 4. The molecule has 108 valence electrons. The summed E-state index contributed by atoms with van der Waals surface area (Å²) in [6, 6.07) is 10.8. The van der Waals surface area contributed by atoms with Crippen LogP contribution in [0.4, 0.5) is 0 Å². The Labute approximate surface area is 121 Å². The maximum atomic E-state index is 9.08. The van der Waals surface area contributed by atoms with Crippen LogP contribution in [-0.2, 0) is 4.74 Å². The topological polar surface area (TPSA) is 62.3 Å². The Morgan fingerprint density at radius 3 is 2.90 bits per heavy atom. The first-order valence-corrected chi connectivity index (χ1v) is 7.23. The smallest absolute Gasteiger partial charge is 0.156 e. The van der Waals surface area contributed by atoms with Crippen molar-refractivity contribution in [3.8, 4) is 6.07 Å². The lowest BCUT2D eigenvalue weighted by Crippen LogP contribution is -2.49. The van der Waals surface area contributed by atoms with Gasteiger partial charge in [-0.25, -0.2) is 0 Å². The molecular formula is C16H23N3O. The van der Waals surface area contributed by atoms with E-state index in [1.54, 1.807) is 0 Å². The Morgan fingerprint density at radius 1 is 1.50 bits per heavy atom. The Kier molecular flexibility index (Phi) is 5.13. The highest BCUT2D eigenvalue weighted by Gasteiger charge is 2.31. The molecule has 0 amide bonds. The van der Waals surface area contributed by atoms with Crippen LogP contribution in [0.2, 0.25) is 0 Å². The van der Waals surface area contributed by atoms with Crippen LogP contribution in [0.15, 0.2) is 24.3 Å². The summed E-state index contributed by atoms with van der Waals surface area (Å²) in [6.45, 7) is 6.27. The fraction of sp³-hybridized carbons (Fsp3) is 0.562. The van der Waals surface area contributed by atoms with Crippen molar-refractivity contribution in [3.05, 3.63) is 35.4 Å². The van der Waals surface area contributed by atoms with Crippen LogP contribution in [0.5, 0.6) is 0 Å². The van der Waals surface area contributed by atoms with E-state index in [0.29, 0.717) is 13.2 Å². The molecule has 3 unspecified atom stereocenters. The van der Waals surface area contributed by atoms with Crippen LogP contribution in [-0.4, -0.2) is 36.7 Å². The first-order valence-electron chi connectivity index (χ1n) is 7.23. The molecule has 2 N–H and O–H groups in total. The van der Waals surface area contributed by atoms with Gasteiger partial charge >= 0.3 is 0 Å². The molecule has 1 aromatic carbocycles. The van der Waals surface area contributed by atoms with Gasteiger partial charge in [0.1, 0.15) is 0 Å². The van der Waals surface area contributed by atoms with Crippen molar-refractivity contribution in [1.82, 2.24) is 4.90 Å². The Hall–Kier alpha value is -1.41. The normalized spacial score (nSPS) is 23.0. The average Bonchev–Trinajstić information content (AvgIpc) is 2.49. The fourth-order valence-corrected chi connectivity index (χ4v) is 2.84. The Bertz CT molecular complexity index is 483. The molecule has 0 aliphatic carbocycles. The molecule has 0 bridgehead atoms. The maximum absolute atomic E-state index is 9.08. The largest absolute Gasteiger partial charge is 0.361 e. The summed E-state index contributed by atoms with van der Waals surface area (Å²) >= 11 is 0. The molecule has 1 aliphatic rings. The third kappa shape index (κ3) is 3.18. The number of aryl methyl sites for hydroxylation is 1. The quantitative estimate of drug-likeness (QED) is 0.911. The van der Waals surface area contributed by atoms with Crippen molar-refractivity contribution in [2.24, 2.45) is 5.73 Å². The number of hydrogen-bond acceptors (Lipinski definition) is 4. The van der Waals surface area contributed by atoms with E-state index < -0.39 is 0 Å². The maximum Gasteiger partial charge on any atom is 0.156 e. The van der Waals surface area contributed by atoms with E-state index in [4.69, 9.17) is 15.7 Å². The minimum atomic E-state index is -0.348. The summed E-state index contributed by atoms with van der Waals surface area (Å²) in [5.41, 5.74) is 8.89. The fourth-order valence-electron chi connectivity index (χ4n) is 2.84. The van der Waals surface area contributed by atoms with E-state index in [9.17, 15) is 0 Å². The number of morpholine rings is 1. The van der Waals surface area contributed by atoms with Gasteiger partial charge in [0.15, 0.2) is 6.10 Å². The molecule has 0 aromatic heterocycles. The van der Waals surface area contributed by atoms with E-state index in [1.165, 1.54) is 11.1 Å². The van der Waals surface area contributed by atoms with Crippen molar-refractivity contribution in [1.29, 1.82) is 5.26 Å². The van der Waals surface area contributed by atoms with Gasteiger partial charge in [0.25, 0.3) is 0 Å². The van der Waals surface area contributed by atoms with Crippen LogP contribution in [0.1, 0.15) is 30.5 Å². The van der Waals surface area contributed by atoms with Gasteiger partial charge in [-0.2, -0.15) is 5.26 Å². The predicted octanol–water partition coefficient (Wildman–Crippen LogP) is 2.00. The summed E-state index contributed by atoms with van der Waals surface area (Å²) < 4.78 is 5.44. The van der Waals surface area contributed by atoms with Crippen molar-refractivity contribution < 1.29 is 4.74 Å². The summed E-state index contributed by atoms with van der Waals surface area (Å²) in [4.78, 5) is 2.30. The van der Waals surface area contributed by atoms with Crippen LogP contribution < -0.4 is 5.73 Å². The van der Waals surface area contributed by atoms with E-state index >= 15 is 0 Å².